The Morgan fingerprint density at radius 2 is 1.88 bits per heavy atom. The Bertz CT molecular complexity index is 1990. The number of anilines is 1. The van der Waals surface area contributed by atoms with Crippen molar-refractivity contribution in [3.05, 3.63) is 99.8 Å². The fraction of sp³-hybridized carbons (Fsp3) is 0.143. The Balaban J connectivity index is 0.000000207. The molecule has 0 aliphatic heterocycles. The summed E-state index contributed by atoms with van der Waals surface area (Å²) in [5, 5.41) is 8.44. The molecular formula is C28H25N9O3. The van der Waals surface area contributed by atoms with Crippen molar-refractivity contribution in [2.75, 3.05) is 5.73 Å². The minimum atomic E-state index is -0.619. The van der Waals surface area contributed by atoms with Crippen LogP contribution in [0.1, 0.15) is 39.9 Å². The van der Waals surface area contributed by atoms with E-state index in [1.807, 2.05) is 51.2 Å². The number of hydrogen-bond donors (Lipinski definition) is 2. The molecule has 1 amide bonds. The van der Waals surface area contributed by atoms with Crippen molar-refractivity contribution in [1.82, 2.24) is 33.9 Å². The molecule has 12 nitrogen and oxygen atoms in total. The van der Waals surface area contributed by atoms with Crippen LogP contribution >= 0.6 is 0 Å². The highest BCUT2D eigenvalue weighted by atomic mass is 16.3. The van der Waals surface area contributed by atoms with E-state index in [1.165, 1.54) is 10.8 Å². The van der Waals surface area contributed by atoms with Gasteiger partial charge in [0, 0.05) is 25.9 Å². The molecule has 12 heteroatoms. The average Bonchev–Trinajstić information content (AvgIpc) is 3.62. The second-order valence-electron chi connectivity index (χ2n) is 8.72. The first-order chi connectivity index (χ1) is 19.3. The van der Waals surface area contributed by atoms with E-state index < -0.39 is 5.91 Å². The molecule has 0 atom stereocenters. The molecule has 0 bridgehead atoms. The Morgan fingerprint density at radius 3 is 2.55 bits per heavy atom. The maximum Gasteiger partial charge on any atom is 0.270 e. The number of hydrogen-bond acceptors (Lipinski definition) is 8. The van der Waals surface area contributed by atoms with Crippen molar-refractivity contribution in [3.8, 4) is 17.5 Å². The molecule has 0 aliphatic carbocycles. The van der Waals surface area contributed by atoms with Crippen LogP contribution in [0.15, 0.2) is 70.5 Å². The van der Waals surface area contributed by atoms with Gasteiger partial charge in [-0.25, -0.2) is 9.50 Å². The van der Waals surface area contributed by atoms with Gasteiger partial charge in [-0.2, -0.15) is 10.1 Å². The number of nitrogen functional groups attached to an aromatic ring is 1. The van der Waals surface area contributed by atoms with E-state index in [0.717, 1.165) is 16.9 Å². The van der Waals surface area contributed by atoms with Crippen molar-refractivity contribution in [2.45, 2.75) is 20.3 Å². The van der Waals surface area contributed by atoms with E-state index in [2.05, 4.69) is 32.0 Å². The quantitative estimate of drug-likeness (QED) is 0.326. The summed E-state index contributed by atoms with van der Waals surface area (Å²) in [5.74, 6) is 6.25. The molecule has 0 unspecified atom stereocenters. The van der Waals surface area contributed by atoms with E-state index in [0.29, 0.717) is 34.6 Å². The third-order valence-corrected chi connectivity index (χ3v) is 6.24. The average molecular weight is 536 g/mol. The molecule has 0 aliphatic rings. The zero-order valence-electron chi connectivity index (χ0n) is 22.0. The lowest BCUT2D eigenvalue weighted by atomic mass is 10.2. The molecule has 0 radical (unpaired) electrons. The van der Waals surface area contributed by atoms with Crippen molar-refractivity contribution < 1.29 is 9.21 Å². The maximum atomic E-state index is 13.3. The number of furan rings is 1. The van der Waals surface area contributed by atoms with Gasteiger partial charge in [-0.1, -0.05) is 37.0 Å². The van der Waals surface area contributed by atoms with Gasteiger partial charge in [-0.15, -0.1) is 5.10 Å². The number of carbonyl (C=O) groups excluding carboxylic acids is 1. The number of rotatable bonds is 3. The summed E-state index contributed by atoms with van der Waals surface area (Å²) < 4.78 is 10.3. The molecule has 0 saturated heterocycles. The second-order valence-corrected chi connectivity index (χ2v) is 8.72. The molecule has 1 aromatic carbocycles. The minimum Gasteiger partial charge on any atom is -0.445 e. The molecule has 5 aromatic heterocycles. The summed E-state index contributed by atoms with van der Waals surface area (Å²) in [7, 11) is 1.86. The molecule has 6 aromatic rings. The maximum absolute atomic E-state index is 13.3. The number of aryl methyl sites for hydroxylation is 2. The summed E-state index contributed by atoms with van der Waals surface area (Å²) in [6.07, 6.45) is 7.00. The molecular weight excluding hydrogens is 510 g/mol. The summed E-state index contributed by atoms with van der Waals surface area (Å²) in [6, 6.07) is 11.2. The first-order valence-corrected chi connectivity index (χ1v) is 12.3. The number of para-hydroxylation sites is 1. The monoisotopic (exact) mass is 535 g/mol. The van der Waals surface area contributed by atoms with Crippen LogP contribution in [-0.4, -0.2) is 39.8 Å². The summed E-state index contributed by atoms with van der Waals surface area (Å²) in [5.41, 5.74) is 14.4. The van der Waals surface area contributed by atoms with Crippen LogP contribution in [0.4, 0.5) is 5.82 Å². The van der Waals surface area contributed by atoms with Crippen LogP contribution < -0.4 is 17.0 Å². The predicted octanol–water partition coefficient (Wildman–Crippen LogP) is 2.39. The predicted molar refractivity (Wildman–Crippen MR) is 149 cm³/mol. The van der Waals surface area contributed by atoms with E-state index >= 15 is 0 Å². The first kappa shape index (κ1) is 25.9. The molecule has 5 heterocycles. The van der Waals surface area contributed by atoms with Crippen LogP contribution in [0.5, 0.6) is 0 Å². The van der Waals surface area contributed by atoms with Crippen LogP contribution in [-0.2, 0) is 13.5 Å². The number of carbonyl (C=O) groups is 1. The fourth-order valence-electron chi connectivity index (χ4n) is 4.10. The highest BCUT2D eigenvalue weighted by Crippen LogP contribution is 2.18. The van der Waals surface area contributed by atoms with Crippen molar-refractivity contribution in [1.29, 1.82) is 0 Å². The molecule has 4 N–H and O–H groups in total. The van der Waals surface area contributed by atoms with E-state index in [9.17, 15) is 9.59 Å². The van der Waals surface area contributed by atoms with Gasteiger partial charge in [-0.05, 0) is 25.1 Å². The zero-order valence-corrected chi connectivity index (χ0v) is 22.0. The normalized spacial score (nSPS) is 10.7. The zero-order chi connectivity index (χ0) is 28.4. The van der Waals surface area contributed by atoms with Gasteiger partial charge in [0.05, 0.1) is 28.7 Å². The van der Waals surface area contributed by atoms with Crippen molar-refractivity contribution >= 4 is 28.5 Å². The summed E-state index contributed by atoms with van der Waals surface area (Å²) in [6.45, 7) is 3.91. The number of nitrogens with two attached hydrogens (primary N) is 2. The number of aromatic nitrogens is 7. The molecule has 0 fully saturated rings. The summed E-state index contributed by atoms with van der Waals surface area (Å²) >= 11 is 0. The topological polar surface area (TPSA) is 165 Å². The number of nitrogens with zero attached hydrogens (tertiary/aromatic N) is 7. The number of fused-ring (bicyclic) bond motifs is 2. The van der Waals surface area contributed by atoms with Gasteiger partial charge < -0.3 is 15.9 Å². The number of primary amides is 1. The highest BCUT2D eigenvalue weighted by Gasteiger charge is 2.17. The number of amides is 1. The van der Waals surface area contributed by atoms with Gasteiger partial charge in [-0.3, -0.25) is 18.8 Å². The molecule has 40 heavy (non-hydrogen) atoms. The molecule has 6 rings (SSSR count). The largest absolute Gasteiger partial charge is 0.445 e. The third-order valence-electron chi connectivity index (χ3n) is 6.24. The standard InChI is InChI=1S/C21H18N4O2.C7H7N5O/c1-4-18-23-20-19(21(26)25(18)17-8-6-5-7-9-17)16(13-27-20)11-10-15-12-22-24(3)14(15)2;8-5-4(6(9)13)7-10-2-1-3-12(7)11-5/h5-9,12-13H,4H2,1-3H3;1-3H,(H2,8,11)(H2,9,13). The molecule has 0 spiro atoms. The lowest BCUT2D eigenvalue weighted by Crippen LogP contribution is -2.23. The Labute approximate surface area is 227 Å². The van der Waals surface area contributed by atoms with E-state index in [4.69, 9.17) is 15.9 Å². The summed E-state index contributed by atoms with van der Waals surface area (Å²) in [4.78, 5) is 32.7. The minimum absolute atomic E-state index is 0.103. The fourth-order valence-corrected chi connectivity index (χ4v) is 4.10. The van der Waals surface area contributed by atoms with Crippen LogP contribution in [0, 0.1) is 18.8 Å². The van der Waals surface area contributed by atoms with Crippen molar-refractivity contribution in [3.63, 3.8) is 0 Å². The second kappa shape index (κ2) is 10.6. The molecule has 0 saturated carbocycles. The van der Waals surface area contributed by atoms with Crippen LogP contribution in [0.3, 0.4) is 0 Å². The first-order valence-electron chi connectivity index (χ1n) is 12.3. The SMILES string of the molecule is CCc1nc2occ(C#Cc3cnn(C)c3C)c2c(=O)n1-c1ccccc1.NC(=O)c1c(N)nn2cccnc12. The van der Waals surface area contributed by atoms with Crippen LogP contribution in [0.25, 0.3) is 22.4 Å². The number of benzene rings is 1. The Kier molecular flexibility index (Phi) is 6.86. The van der Waals surface area contributed by atoms with Gasteiger partial charge >= 0.3 is 0 Å². The van der Waals surface area contributed by atoms with Gasteiger partial charge in [0.25, 0.3) is 11.5 Å². The van der Waals surface area contributed by atoms with Gasteiger partial charge in [0.15, 0.2) is 11.5 Å². The van der Waals surface area contributed by atoms with E-state index in [-0.39, 0.29) is 16.9 Å². The van der Waals surface area contributed by atoms with Gasteiger partial charge in [0.1, 0.15) is 23.0 Å². The van der Waals surface area contributed by atoms with E-state index in [1.54, 1.807) is 33.9 Å². The Morgan fingerprint density at radius 1 is 1.12 bits per heavy atom. The highest BCUT2D eigenvalue weighted by molar-refractivity contribution is 6.03. The third kappa shape index (κ3) is 4.67. The van der Waals surface area contributed by atoms with Gasteiger partial charge in [0.2, 0.25) is 5.71 Å². The van der Waals surface area contributed by atoms with Crippen molar-refractivity contribution in [2.24, 2.45) is 12.8 Å². The lowest BCUT2D eigenvalue weighted by molar-refractivity contribution is 0.100. The molecule has 200 valence electrons. The Hall–Kier alpha value is -5.70. The lowest BCUT2D eigenvalue weighted by Gasteiger charge is -2.10. The van der Waals surface area contributed by atoms with Crippen LogP contribution in [0.2, 0.25) is 0 Å². The smallest absolute Gasteiger partial charge is 0.270 e.